The third-order valence-corrected chi connectivity index (χ3v) is 3.37. The fraction of sp³-hybridized carbons (Fsp3) is 0.900. The van der Waals surface area contributed by atoms with Crippen molar-refractivity contribution < 1.29 is 93.3 Å². The molecular weight excluding hydrogens is 527 g/mol. The van der Waals surface area contributed by atoms with Gasteiger partial charge >= 0.3 is 53.6 Å². The van der Waals surface area contributed by atoms with Gasteiger partial charge in [0, 0.05) is 0 Å². The van der Waals surface area contributed by atoms with Gasteiger partial charge in [-0.05, 0) is 0 Å². The largest absolute Gasteiger partial charge is 0.544 e. The number of carbonyl (C=O) groups excluding carboxylic acids is 1. The summed E-state index contributed by atoms with van der Waals surface area (Å²) in [6, 6.07) is 0. The summed E-state index contributed by atoms with van der Waals surface area (Å²) >= 11 is 0. The molecule has 3 nitrogen and oxygen atoms in total. The Hall–Kier alpha value is -1.90. The number of quaternary nitrogens is 1. The van der Waals surface area contributed by atoms with Crippen molar-refractivity contribution in [3.8, 4) is 0 Å². The minimum absolute atomic E-state index is 0. The molecule has 0 heterocycles. The van der Waals surface area contributed by atoms with E-state index in [1.165, 1.54) is 0 Å². The number of halogens is 19. The normalized spacial score (nSPS) is 16.0. The van der Waals surface area contributed by atoms with Gasteiger partial charge in [0.2, 0.25) is 0 Å². The maximum atomic E-state index is 13.1. The van der Waals surface area contributed by atoms with E-state index >= 15 is 0 Å². The van der Waals surface area contributed by atoms with E-state index in [1.54, 1.807) is 0 Å². The van der Waals surface area contributed by atoms with Crippen LogP contribution in [-0.2, 0) is 4.79 Å². The van der Waals surface area contributed by atoms with Crippen molar-refractivity contribution in [2.75, 3.05) is 0 Å². The van der Waals surface area contributed by atoms with Crippen LogP contribution in [0.25, 0.3) is 0 Å². The Labute approximate surface area is 160 Å². The summed E-state index contributed by atoms with van der Waals surface area (Å²) in [4.78, 5) is 9.69. The highest BCUT2D eigenvalue weighted by molar-refractivity contribution is 5.75. The standard InChI is InChI=1S/C10HF19O2.H3N/c11-2(12,1(30)31)3(13,14)4(15,16)5(17,18)6(19,20)7(21,22)8(23,24)9(25,26)10(27,28)29;/h(H,30,31);1H3. The first-order chi connectivity index (χ1) is 12.9. The molecule has 0 aliphatic carbocycles. The van der Waals surface area contributed by atoms with Crippen molar-refractivity contribution in [3.63, 3.8) is 0 Å². The molecule has 0 aliphatic heterocycles. The highest BCUT2D eigenvalue weighted by atomic mass is 19.4. The topological polar surface area (TPSA) is 76.6 Å². The molecule has 0 fully saturated rings. The smallest absolute Gasteiger partial charge is 0.460 e. The Balaban J connectivity index is 0. The van der Waals surface area contributed by atoms with Crippen molar-refractivity contribution in [2.24, 2.45) is 0 Å². The predicted molar refractivity (Wildman–Crippen MR) is 56.6 cm³/mol. The van der Waals surface area contributed by atoms with Crippen LogP contribution in [0.2, 0.25) is 0 Å². The van der Waals surface area contributed by atoms with E-state index in [4.69, 9.17) is 0 Å². The van der Waals surface area contributed by atoms with Crippen LogP contribution < -0.4 is 11.3 Å². The summed E-state index contributed by atoms with van der Waals surface area (Å²) in [5.41, 5.74) is 0. The van der Waals surface area contributed by atoms with Crippen molar-refractivity contribution in [1.82, 2.24) is 6.15 Å². The quantitative estimate of drug-likeness (QED) is 0.459. The molecule has 0 aromatic heterocycles. The van der Waals surface area contributed by atoms with E-state index in [0.717, 1.165) is 0 Å². The highest BCUT2D eigenvalue weighted by Gasteiger charge is 2.96. The Morgan fingerprint density at radius 1 is 0.406 bits per heavy atom. The maximum Gasteiger partial charge on any atom is 0.460 e. The van der Waals surface area contributed by atoms with Gasteiger partial charge in [-0.1, -0.05) is 0 Å². The number of carbonyl (C=O) groups is 1. The minimum atomic E-state index is -9.08. The summed E-state index contributed by atoms with van der Waals surface area (Å²) in [7, 11) is 0. The second-order valence-electron chi connectivity index (χ2n) is 5.38. The van der Waals surface area contributed by atoms with Gasteiger partial charge in [-0.3, -0.25) is 0 Å². The summed E-state index contributed by atoms with van der Waals surface area (Å²) in [6.07, 6.45) is -7.96. The molecule has 0 aromatic carbocycles. The molecule has 4 N–H and O–H groups in total. The van der Waals surface area contributed by atoms with Gasteiger partial charge < -0.3 is 16.1 Å². The lowest BCUT2D eigenvalue weighted by Gasteiger charge is -2.43. The number of carboxylic acids is 1. The SMILES string of the molecule is O=C([O-])C(F)(F)C(F)(F)C(F)(F)C(F)(F)C(F)(F)C(F)(F)C(F)(F)C(F)(F)C(F)(F)F.[NH4+]. The average Bonchev–Trinajstić information content (AvgIpc) is 2.52. The third-order valence-electron chi connectivity index (χ3n) is 3.37. The Morgan fingerprint density at radius 3 is 0.781 bits per heavy atom. The molecule has 0 amide bonds. The van der Waals surface area contributed by atoms with Crippen molar-refractivity contribution in [2.45, 2.75) is 53.6 Å². The molecule has 0 bridgehead atoms. The molecule has 22 heteroatoms. The second-order valence-corrected chi connectivity index (χ2v) is 5.38. The van der Waals surface area contributed by atoms with E-state index in [2.05, 4.69) is 0 Å². The van der Waals surface area contributed by atoms with Gasteiger partial charge in [0.1, 0.15) is 5.97 Å². The van der Waals surface area contributed by atoms with Crippen LogP contribution in [0.5, 0.6) is 0 Å². The van der Waals surface area contributed by atoms with E-state index < -0.39 is 59.5 Å². The zero-order chi connectivity index (χ0) is 26.1. The van der Waals surface area contributed by atoms with Crippen molar-refractivity contribution >= 4 is 5.97 Å². The average molecular weight is 531 g/mol. The molecule has 0 spiro atoms. The summed E-state index contributed by atoms with van der Waals surface area (Å²) < 4.78 is 241. The number of rotatable bonds is 8. The molecular formula is C10H4F19NO2. The summed E-state index contributed by atoms with van der Waals surface area (Å²) in [6.45, 7) is 0. The highest BCUT2D eigenvalue weighted by Crippen LogP contribution is 2.65. The lowest BCUT2D eigenvalue weighted by atomic mass is 9.87. The zero-order valence-corrected chi connectivity index (χ0v) is 14.0. The zero-order valence-electron chi connectivity index (χ0n) is 14.0. The van der Waals surface area contributed by atoms with Crippen LogP contribution in [0.15, 0.2) is 0 Å². The Kier molecular flexibility index (Phi) is 7.63. The molecule has 0 saturated heterocycles. The second kappa shape index (κ2) is 7.57. The number of hydrogen-bond acceptors (Lipinski definition) is 2. The van der Waals surface area contributed by atoms with E-state index in [1.807, 2.05) is 0 Å². The monoisotopic (exact) mass is 531 g/mol. The molecule has 0 rings (SSSR count). The fourth-order valence-corrected chi connectivity index (χ4v) is 1.49. The van der Waals surface area contributed by atoms with E-state index in [9.17, 15) is 93.3 Å². The van der Waals surface area contributed by atoms with Crippen LogP contribution in [0.4, 0.5) is 83.4 Å². The third kappa shape index (κ3) is 3.56. The van der Waals surface area contributed by atoms with Gasteiger partial charge in [0.05, 0.1) is 0 Å². The van der Waals surface area contributed by atoms with Gasteiger partial charge in [-0.2, -0.15) is 83.4 Å². The number of aliphatic carboxylic acids is 1. The summed E-state index contributed by atoms with van der Waals surface area (Å²) in [5, 5.41) is 9.69. The number of carboxylic acid groups (broad SMARTS) is 1. The van der Waals surface area contributed by atoms with Crippen molar-refractivity contribution in [1.29, 1.82) is 0 Å². The van der Waals surface area contributed by atoms with E-state index in [-0.39, 0.29) is 6.15 Å². The Bertz CT molecular complexity index is 707. The molecule has 32 heavy (non-hydrogen) atoms. The molecule has 0 aliphatic rings. The molecule has 194 valence electrons. The maximum absolute atomic E-state index is 13.1. The molecule has 0 unspecified atom stereocenters. The minimum Gasteiger partial charge on any atom is -0.544 e. The van der Waals surface area contributed by atoms with Crippen LogP contribution in [0, 0.1) is 0 Å². The van der Waals surface area contributed by atoms with Gasteiger partial charge in [-0.25, -0.2) is 0 Å². The first-order valence-corrected chi connectivity index (χ1v) is 6.25. The first-order valence-electron chi connectivity index (χ1n) is 6.25. The van der Waals surface area contributed by atoms with Crippen LogP contribution in [0.3, 0.4) is 0 Å². The van der Waals surface area contributed by atoms with Crippen LogP contribution in [0.1, 0.15) is 0 Å². The van der Waals surface area contributed by atoms with Crippen molar-refractivity contribution in [3.05, 3.63) is 0 Å². The van der Waals surface area contributed by atoms with Gasteiger partial charge in [0.25, 0.3) is 0 Å². The van der Waals surface area contributed by atoms with Crippen LogP contribution in [-0.4, -0.2) is 59.5 Å². The number of alkyl halides is 19. The molecule has 0 saturated carbocycles. The lowest BCUT2D eigenvalue weighted by molar-refractivity contribution is -0.469. The lowest BCUT2D eigenvalue weighted by Crippen LogP contribution is -2.76. The van der Waals surface area contributed by atoms with E-state index in [0.29, 0.717) is 0 Å². The molecule has 0 atom stereocenters. The molecule has 0 radical (unpaired) electrons. The first kappa shape index (κ1) is 32.3. The predicted octanol–water partition coefficient (Wildman–Crippen LogP) is 4.76. The Morgan fingerprint density at radius 2 is 0.594 bits per heavy atom. The fourth-order valence-electron chi connectivity index (χ4n) is 1.49. The van der Waals surface area contributed by atoms with Crippen LogP contribution >= 0.6 is 0 Å². The summed E-state index contributed by atoms with van der Waals surface area (Å²) in [5.74, 6) is -73.8. The van der Waals surface area contributed by atoms with Gasteiger partial charge in [0.15, 0.2) is 0 Å². The van der Waals surface area contributed by atoms with Gasteiger partial charge in [-0.15, -0.1) is 0 Å². The molecule has 0 aromatic rings. The number of hydrogen-bond donors (Lipinski definition) is 1.